The van der Waals surface area contributed by atoms with Crippen LogP contribution in [-0.2, 0) is 11.3 Å². The molecule has 0 aliphatic carbocycles. The number of benzene rings is 1. The molecule has 4 nitrogen and oxygen atoms in total. The lowest BCUT2D eigenvalue weighted by Gasteiger charge is -2.27. The molecule has 1 aromatic rings. The van der Waals surface area contributed by atoms with Crippen LogP contribution < -0.4 is 11.5 Å². The molecule has 1 aromatic carbocycles. The summed E-state index contributed by atoms with van der Waals surface area (Å²) in [5.41, 5.74) is 12.6. The van der Waals surface area contributed by atoms with E-state index < -0.39 is 0 Å². The highest BCUT2D eigenvalue weighted by Gasteiger charge is 2.13. The Labute approximate surface area is 142 Å². The van der Waals surface area contributed by atoms with Crippen LogP contribution in [-0.4, -0.2) is 44.3 Å². The Balaban J connectivity index is 2.42. The zero-order valence-electron chi connectivity index (χ0n) is 14.8. The van der Waals surface area contributed by atoms with Crippen LogP contribution in [0.25, 0.3) is 0 Å². The van der Waals surface area contributed by atoms with Gasteiger partial charge in [0.05, 0.1) is 0 Å². The summed E-state index contributed by atoms with van der Waals surface area (Å²) in [5.74, 6) is 0.675. The van der Waals surface area contributed by atoms with Crippen molar-refractivity contribution in [2.45, 2.75) is 39.2 Å². The van der Waals surface area contributed by atoms with Gasteiger partial charge in [-0.25, -0.2) is 0 Å². The molecule has 0 aliphatic rings. The largest absolute Gasteiger partial charge is 0.381 e. The number of hydrogen-bond acceptors (Lipinski definition) is 4. The Bertz CT molecular complexity index is 372. The Kier molecular flexibility index (Phi) is 11.8. The van der Waals surface area contributed by atoms with Gasteiger partial charge in [-0.1, -0.05) is 43.7 Å². The second-order valence-electron chi connectivity index (χ2n) is 6.18. The van der Waals surface area contributed by atoms with Gasteiger partial charge >= 0.3 is 0 Å². The molecule has 0 spiro atoms. The van der Waals surface area contributed by atoms with E-state index in [-0.39, 0.29) is 0 Å². The molecule has 1 atom stereocenters. The first kappa shape index (κ1) is 20.1. The molecular weight excluding hydrogens is 286 g/mol. The van der Waals surface area contributed by atoms with Gasteiger partial charge < -0.3 is 16.2 Å². The lowest BCUT2D eigenvalue weighted by Crippen LogP contribution is -2.31. The monoisotopic (exact) mass is 321 g/mol. The predicted octanol–water partition coefficient (Wildman–Crippen LogP) is 2.62. The van der Waals surface area contributed by atoms with E-state index in [0.29, 0.717) is 12.5 Å². The van der Waals surface area contributed by atoms with Gasteiger partial charge in [-0.3, -0.25) is 4.90 Å². The number of rotatable bonds is 14. The van der Waals surface area contributed by atoms with Gasteiger partial charge in [-0.2, -0.15) is 0 Å². The Hall–Kier alpha value is -0.940. The maximum Gasteiger partial charge on any atom is 0.0478 e. The normalized spacial score (nSPS) is 12.7. The van der Waals surface area contributed by atoms with Crippen molar-refractivity contribution >= 4 is 0 Å². The SMILES string of the molecule is CCC(CCOCCCN)CN(CCCN)Cc1ccccc1. The molecule has 0 aromatic heterocycles. The molecule has 4 N–H and O–H groups in total. The fourth-order valence-corrected chi connectivity index (χ4v) is 2.72. The predicted molar refractivity (Wildman–Crippen MR) is 98.3 cm³/mol. The van der Waals surface area contributed by atoms with E-state index in [1.165, 1.54) is 12.0 Å². The minimum atomic E-state index is 0.675. The van der Waals surface area contributed by atoms with E-state index in [9.17, 15) is 0 Å². The fraction of sp³-hybridized carbons (Fsp3) is 0.684. The maximum atomic E-state index is 5.70. The lowest BCUT2D eigenvalue weighted by molar-refractivity contribution is 0.108. The number of ether oxygens (including phenoxy) is 1. The summed E-state index contributed by atoms with van der Waals surface area (Å²) < 4.78 is 5.67. The Morgan fingerprint density at radius 3 is 2.43 bits per heavy atom. The standard InChI is InChI=1S/C19H35N3O/c1-2-18(10-15-23-14-7-12-21)16-22(13-6-11-20)17-19-8-4-3-5-9-19/h3-5,8-9,18H,2,6-7,10-17,20-21H2,1H3. The second-order valence-corrected chi connectivity index (χ2v) is 6.18. The second kappa shape index (κ2) is 13.5. The molecule has 1 rings (SSSR count). The molecule has 0 saturated carbocycles. The van der Waals surface area contributed by atoms with Gasteiger partial charge in [0, 0.05) is 26.3 Å². The highest BCUT2D eigenvalue weighted by atomic mass is 16.5. The topological polar surface area (TPSA) is 64.5 Å². The Morgan fingerprint density at radius 1 is 1.04 bits per heavy atom. The summed E-state index contributed by atoms with van der Waals surface area (Å²) in [7, 11) is 0. The van der Waals surface area contributed by atoms with Crippen LogP contribution in [0.15, 0.2) is 30.3 Å². The molecule has 0 heterocycles. The van der Waals surface area contributed by atoms with Gasteiger partial charge in [0.15, 0.2) is 0 Å². The van der Waals surface area contributed by atoms with Gasteiger partial charge in [0.25, 0.3) is 0 Å². The van der Waals surface area contributed by atoms with E-state index in [1.54, 1.807) is 0 Å². The maximum absolute atomic E-state index is 5.70. The summed E-state index contributed by atoms with van der Waals surface area (Å²) in [5, 5.41) is 0. The van der Waals surface area contributed by atoms with E-state index >= 15 is 0 Å². The summed E-state index contributed by atoms with van der Waals surface area (Å²) in [6.45, 7) is 8.55. The summed E-state index contributed by atoms with van der Waals surface area (Å²) in [4.78, 5) is 2.54. The molecule has 0 saturated heterocycles. The molecular formula is C19H35N3O. The van der Waals surface area contributed by atoms with Crippen LogP contribution in [0.5, 0.6) is 0 Å². The van der Waals surface area contributed by atoms with Gasteiger partial charge in [0.1, 0.15) is 0 Å². The zero-order valence-corrected chi connectivity index (χ0v) is 14.8. The van der Waals surface area contributed by atoms with Gasteiger partial charge in [-0.05, 0) is 50.4 Å². The first-order valence-electron chi connectivity index (χ1n) is 9.04. The van der Waals surface area contributed by atoms with Crippen molar-refractivity contribution in [1.29, 1.82) is 0 Å². The van der Waals surface area contributed by atoms with Crippen molar-refractivity contribution in [2.75, 3.05) is 39.4 Å². The van der Waals surface area contributed by atoms with E-state index in [2.05, 4.69) is 42.2 Å². The summed E-state index contributed by atoms with van der Waals surface area (Å²) >= 11 is 0. The van der Waals surface area contributed by atoms with Crippen molar-refractivity contribution in [3.63, 3.8) is 0 Å². The summed E-state index contributed by atoms with van der Waals surface area (Å²) in [6, 6.07) is 10.7. The fourth-order valence-electron chi connectivity index (χ4n) is 2.72. The molecule has 0 amide bonds. The average molecular weight is 322 g/mol. The van der Waals surface area contributed by atoms with Gasteiger partial charge in [-0.15, -0.1) is 0 Å². The Morgan fingerprint density at radius 2 is 1.78 bits per heavy atom. The van der Waals surface area contributed by atoms with E-state index in [4.69, 9.17) is 16.2 Å². The lowest BCUT2D eigenvalue weighted by atomic mass is 10.0. The van der Waals surface area contributed by atoms with Crippen LogP contribution in [0.2, 0.25) is 0 Å². The minimum absolute atomic E-state index is 0.675. The molecule has 4 heteroatoms. The quantitative estimate of drug-likeness (QED) is 0.517. The minimum Gasteiger partial charge on any atom is -0.381 e. The first-order valence-corrected chi connectivity index (χ1v) is 9.04. The molecule has 23 heavy (non-hydrogen) atoms. The van der Waals surface area contributed by atoms with E-state index in [0.717, 1.165) is 58.7 Å². The van der Waals surface area contributed by atoms with Crippen molar-refractivity contribution in [1.82, 2.24) is 4.90 Å². The smallest absolute Gasteiger partial charge is 0.0478 e. The van der Waals surface area contributed by atoms with E-state index in [1.807, 2.05) is 0 Å². The third-order valence-corrected chi connectivity index (χ3v) is 4.18. The number of nitrogens with two attached hydrogens (primary N) is 2. The first-order chi connectivity index (χ1) is 11.3. The van der Waals surface area contributed by atoms with Crippen LogP contribution in [0.4, 0.5) is 0 Å². The molecule has 0 bridgehead atoms. The zero-order chi connectivity index (χ0) is 16.8. The van der Waals surface area contributed by atoms with Crippen LogP contribution >= 0.6 is 0 Å². The van der Waals surface area contributed by atoms with Crippen LogP contribution in [0.1, 0.15) is 38.2 Å². The number of hydrogen-bond donors (Lipinski definition) is 2. The van der Waals surface area contributed by atoms with Crippen LogP contribution in [0, 0.1) is 5.92 Å². The van der Waals surface area contributed by atoms with Crippen molar-refractivity contribution in [3.8, 4) is 0 Å². The number of nitrogens with zero attached hydrogens (tertiary/aromatic N) is 1. The van der Waals surface area contributed by atoms with Gasteiger partial charge in [0.2, 0.25) is 0 Å². The summed E-state index contributed by atoms with van der Waals surface area (Å²) in [6.07, 6.45) is 4.31. The van der Waals surface area contributed by atoms with Crippen molar-refractivity contribution < 1.29 is 4.74 Å². The highest BCUT2D eigenvalue weighted by molar-refractivity contribution is 5.14. The third kappa shape index (κ3) is 9.72. The molecule has 0 aliphatic heterocycles. The highest BCUT2D eigenvalue weighted by Crippen LogP contribution is 2.14. The molecule has 1 unspecified atom stereocenters. The van der Waals surface area contributed by atoms with Crippen molar-refractivity contribution in [2.24, 2.45) is 17.4 Å². The molecule has 0 fully saturated rings. The third-order valence-electron chi connectivity index (χ3n) is 4.18. The molecule has 132 valence electrons. The van der Waals surface area contributed by atoms with Crippen molar-refractivity contribution in [3.05, 3.63) is 35.9 Å². The average Bonchev–Trinajstić information content (AvgIpc) is 2.59. The molecule has 0 radical (unpaired) electrons. The van der Waals surface area contributed by atoms with Crippen LogP contribution in [0.3, 0.4) is 0 Å².